The Kier molecular flexibility index (Phi) is 9.66. The Morgan fingerprint density at radius 2 is 1.62 bits per heavy atom. The summed E-state index contributed by atoms with van der Waals surface area (Å²) in [4.78, 5) is 27.3. The lowest BCUT2D eigenvalue weighted by Gasteiger charge is -2.55. The highest BCUT2D eigenvalue weighted by Gasteiger charge is 2.70. The van der Waals surface area contributed by atoms with Crippen LogP contribution in [-0.4, -0.2) is 72.8 Å². The van der Waals surface area contributed by atoms with Crippen molar-refractivity contribution in [2.75, 3.05) is 7.11 Å². The van der Waals surface area contributed by atoms with Crippen molar-refractivity contribution in [2.45, 2.75) is 125 Å². The molecule has 4 heterocycles. The molecule has 2 aliphatic heterocycles. The van der Waals surface area contributed by atoms with E-state index in [-0.39, 0.29) is 33.4 Å². The number of benzene rings is 1. The maximum Gasteiger partial charge on any atom is 0.338 e. The third kappa shape index (κ3) is 5.67. The van der Waals surface area contributed by atoms with Crippen molar-refractivity contribution in [3.63, 3.8) is 0 Å². The summed E-state index contributed by atoms with van der Waals surface area (Å²) in [6.07, 6.45) is 4.48. The largest absolute Gasteiger partial charge is 0.497 e. The van der Waals surface area contributed by atoms with E-state index in [0.29, 0.717) is 22.5 Å². The van der Waals surface area contributed by atoms with E-state index in [1.807, 2.05) is 4.57 Å². The number of fused-ring (bicyclic) bond motifs is 1. The molecule has 10 nitrogen and oxygen atoms in total. The Bertz CT molecular complexity index is 1590. The molecule has 1 aliphatic carbocycles. The van der Waals surface area contributed by atoms with Crippen LogP contribution in [0.2, 0.25) is 27.3 Å². The zero-order chi connectivity index (χ0) is 33.9. The van der Waals surface area contributed by atoms with E-state index >= 15 is 0 Å². The number of nitrogens with zero attached hydrogens (tertiary/aromatic N) is 4. The van der Waals surface area contributed by atoms with Gasteiger partial charge in [0.05, 0.1) is 29.9 Å². The lowest BCUT2D eigenvalue weighted by molar-refractivity contribution is -0.0586. The second kappa shape index (κ2) is 13.0. The zero-order valence-electron chi connectivity index (χ0n) is 28.7. The smallest absolute Gasteiger partial charge is 0.338 e. The van der Waals surface area contributed by atoms with E-state index in [1.54, 1.807) is 49.5 Å². The number of aromatic nitrogens is 4. The van der Waals surface area contributed by atoms with Gasteiger partial charge in [0, 0.05) is 0 Å². The molecule has 6 rings (SSSR count). The van der Waals surface area contributed by atoms with E-state index in [9.17, 15) is 4.79 Å². The molecule has 14 heteroatoms. The molecular weight excluding hydrogens is 672 g/mol. The Morgan fingerprint density at radius 3 is 2.23 bits per heavy atom. The minimum atomic E-state index is -3.06. The molecule has 2 aromatic heterocycles. The third-order valence-electron chi connectivity index (χ3n) is 10.3. The van der Waals surface area contributed by atoms with Crippen LogP contribution in [0.3, 0.4) is 0 Å². The molecule has 3 aromatic rings. The van der Waals surface area contributed by atoms with Crippen molar-refractivity contribution in [3.05, 3.63) is 47.6 Å². The molecule has 1 spiro atoms. The molecule has 2 saturated heterocycles. The van der Waals surface area contributed by atoms with Crippen LogP contribution < -0.4 is 4.74 Å². The van der Waals surface area contributed by atoms with Gasteiger partial charge in [0.2, 0.25) is 0 Å². The van der Waals surface area contributed by atoms with Crippen LogP contribution in [0.1, 0.15) is 90.4 Å². The van der Waals surface area contributed by atoms with E-state index < -0.39 is 45.4 Å². The van der Waals surface area contributed by atoms with Crippen molar-refractivity contribution in [3.8, 4) is 5.75 Å². The molecular formula is C33H47ClN4O6SSi2. The van der Waals surface area contributed by atoms with Crippen LogP contribution in [0.4, 0.5) is 0 Å². The van der Waals surface area contributed by atoms with E-state index in [4.69, 9.17) is 34.0 Å². The zero-order valence-corrected chi connectivity index (χ0v) is 32.3. The van der Waals surface area contributed by atoms with Crippen LogP contribution in [0, 0.1) is 0 Å². The Balaban J connectivity index is 1.55. The number of carbonyl (C=O) groups is 1. The molecule has 0 bridgehead atoms. The van der Waals surface area contributed by atoms with Crippen molar-refractivity contribution >= 4 is 57.6 Å². The molecule has 0 N–H and O–H groups in total. The maximum atomic E-state index is 14.0. The summed E-state index contributed by atoms with van der Waals surface area (Å²) in [6, 6.07) is 6.97. The minimum absolute atomic E-state index is 0.115. The fourth-order valence-electron chi connectivity index (χ4n) is 7.90. The first-order valence-electron chi connectivity index (χ1n) is 16.7. The predicted octanol–water partition coefficient (Wildman–Crippen LogP) is 8.21. The van der Waals surface area contributed by atoms with Gasteiger partial charge in [-0.3, -0.25) is 0 Å². The Hall–Kier alpha value is -2.01. The average molecular weight is 719 g/mol. The van der Waals surface area contributed by atoms with Gasteiger partial charge < -0.3 is 27.0 Å². The monoisotopic (exact) mass is 718 g/mol. The van der Waals surface area contributed by atoms with Crippen LogP contribution >= 0.6 is 23.4 Å². The predicted molar refractivity (Wildman–Crippen MR) is 188 cm³/mol. The van der Waals surface area contributed by atoms with Crippen molar-refractivity contribution < 1.29 is 27.2 Å². The van der Waals surface area contributed by atoms with Crippen LogP contribution in [-0.2, 0) is 17.7 Å². The topological polar surface area (TPSA) is 107 Å². The van der Waals surface area contributed by atoms with Crippen LogP contribution in [0.5, 0.6) is 5.75 Å². The van der Waals surface area contributed by atoms with E-state index in [2.05, 4.69) is 70.3 Å². The summed E-state index contributed by atoms with van der Waals surface area (Å²) < 4.78 is 36.3. The quantitative estimate of drug-likeness (QED) is 0.129. The lowest BCUT2D eigenvalue weighted by Crippen LogP contribution is -2.69. The van der Waals surface area contributed by atoms with Crippen LogP contribution in [0.25, 0.3) is 11.2 Å². The van der Waals surface area contributed by atoms with Gasteiger partial charge in [-0.25, -0.2) is 19.7 Å². The highest BCUT2D eigenvalue weighted by Crippen LogP contribution is 2.64. The first-order valence-corrected chi connectivity index (χ1v) is 21.9. The maximum absolute atomic E-state index is 14.0. The lowest BCUT2D eigenvalue weighted by atomic mass is 9.93. The number of rotatable bonds is 8. The molecule has 47 heavy (non-hydrogen) atoms. The van der Waals surface area contributed by atoms with Gasteiger partial charge in [-0.2, -0.15) is 0 Å². The molecule has 0 radical (unpaired) electrons. The fraction of sp³-hybridized carbons (Fsp3) is 0.636. The van der Waals surface area contributed by atoms with Crippen LogP contribution in [0.15, 0.2) is 36.9 Å². The number of hydrogen-bond donors (Lipinski definition) is 0. The van der Waals surface area contributed by atoms with Gasteiger partial charge in [0.25, 0.3) is 0 Å². The Labute approximate surface area is 289 Å². The van der Waals surface area contributed by atoms with Crippen molar-refractivity contribution in [1.82, 2.24) is 19.5 Å². The summed E-state index contributed by atoms with van der Waals surface area (Å²) in [5.41, 5.74) is 2.16. The molecule has 256 valence electrons. The summed E-state index contributed by atoms with van der Waals surface area (Å²) in [5.74, 6) is 0.219. The highest BCUT2D eigenvalue weighted by atomic mass is 35.5. The summed E-state index contributed by atoms with van der Waals surface area (Å²) >= 11 is 8.47. The molecule has 1 saturated carbocycles. The average Bonchev–Trinajstić information content (AvgIpc) is 3.71. The Morgan fingerprint density at radius 1 is 0.979 bits per heavy atom. The number of methoxy groups -OCH3 is 1. The standard InChI is InChI=1S/C33H47ClN4O6SSi2/c1-19(2)46(20(3)4)42-25-11-10-16-33(25)28(43-47(44-46,21(5)6)22(7)8)27(41-32(39)23-12-14-24(40-9)15-13-23)31(45-33)38-18-37-30-26(38)29(34)35-17-36-30/h12-15,17-22,25,27-28,31H,10-11,16H2,1-9H3/t25-,27+,28-,31+,33?/m0/s1. The first kappa shape index (κ1) is 34.8. The highest BCUT2D eigenvalue weighted by molar-refractivity contribution is 8.01. The number of ether oxygens (including phenoxy) is 2. The molecule has 0 amide bonds. The minimum Gasteiger partial charge on any atom is -0.497 e. The van der Waals surface area contributed by atoms with Gasteiger partial charge in [-0.15, -0.1) is 11.8 Å². The summed E-state index contributed by atoms with van der Waals surface area (Å²) in [5, 5.41) is -0.143. The van der Waals surface area contributed by atoms with Gasteiger partial charge in [-0.1, -0.05) is 67.0 Å². The van der Waals surface area contributed by atoms with Crippen molar-refractivity contribution in [2.24, 2.45) is 0 Å². The first-order chi connectivity index (χ1) is 22.3. The molecule has 5 atom stereocenters. The SMILES string of the molecule is COc1ccc(C(=O)O[C@H]2[C@H](n3cnc4ncnc(Cl)c43)SC34CCC[C@@H]3O[Si](C(C)C)(C(C)C)O[Si](C(C)C)(C(C)C)O[C@@H]24)cc1. The van der Waals surface area contributed by atoms with E-state index in [0.717, 1.165) is 19.3 Å². The normalized spacial score (nSPS) is 28.5. The van der Waals surface area contributed by atoms with Gasteiger partial charge in [0.1, 0.15) is 29.1 Å². The number of esters is 1. The number of carbonyl (C=O) groups excluding carboxylic acids is 1. The number of hydrogen-bond acceptors (Lipinski definition) is 10. The molecule has 1 unspecified atom stereocenters. The number of halogens is 1. The van der Waals surface area contributed by atoms with Gasteiger partial charge in [-0.05, 0) is 65.7 Å². The number of thioether (sulfide) groups is 1. The summed E-state index contributed by atoms with van der Waals surface area (Å²) in [7, 11) is -4.30. The number of imidazole rings is 1. The second-order valence-electron chi connectivity index (χ2n) is 14.3. The fourth-order valence-corrected chi connectivity index (χ4v) is 21.7. The molecule has 3 aliphatic rings. The van der Waals surface area contributed by atoms with Gasteiger partial charge in [0.15, 0.2) is 16.9 Å². The van der Waals surface area contributed by atoms with Gasteiger partial charge >= 0.3 is 23.1 Å². The summed E-state index contributed by atoms with van der Waals surface area (Å²) in [6.45, 7) is 17.8. The third-order valence-corrected chi connectivity index (χ3v) is 22.7. The second-order valence-corrected chi connectivity index (χ2v) is 24.9. The molecule has 1 aromatic carbocycles. The van der Waals surface area contributed by atoms with E-state index in [1.165, 1.54) is 6.33 Å². The van der Waals surface area contributed by atoms with Crippen molar-refractivity contribution in [1.29, 1.82) is 0 Å². The molecule has 3 fully saturated rings.